The molecule has 1 nitrogen and oxygen atoms in total. The molecule has 2 rings (SSSR count). The van der Waals surface area contributed by atoms with Gasteiger partial charge in [0.15, 0.2) is 0 Å². The standard InChI is InChI=1S/C15H17ClF3NS/c1-9-6-10(2)13(21-8-15(17,18)19)7-12(9)20-11(3)14(16)4-5-14/h6-7H,4-5,8H2,1-3H3/b20-11+. The molecule has 1 aliphatic carbocycles. The van der Waals surface area contributed by atoms with E-state index in [1.54, 1.807) is 6.07 Å². The van der Waals surface area contributed by atoms with Gasteiger partial charge in [0.1, 0.15) is 0 Å². The highest BCUT2D eigenvalue weighted by Gasteiger charge is 2.43. The number of hydrogen-bond donors (Lipinski definition) is 0. The molecule has 1 fully saturated rings. The van der Waals surface area contributed by atoms with E-state index in [0.29, 0.717) is 10.6 Å². The number of aliphatic imine (C=N–C) groups is 1. The van der Waals surface area contributed by atoms with E-state index in [4.69, 9.17) is 11.6 Å². The molecule has 21 heavy (non-hydrogen) atoms. The van der Waals surface area contributed by atoms with Crippen LogP contribution in [0.3, 0.4) is 0 Å². The van der Waals surface area contributed by atoms with Crippen LogP contribution in [0.5, 0.6) is 0 Å². The minimum atomic E-state index is -4.17. The van der Waals surface area contributed by atoms with Crippen LogP contribution < -0.4 is 0 Å². The molecule has 0 heterocycles. The zero-order chi connectivity index (χ0) is 15.8. The van der Waals surface area contributed by atoms with Gasteiger partial charge in [-0.05, 0) is 50.8 Å². The monoisotopic (exact) mass is 335 g/mol. The summed E-state index contributed by atoms with van der Waals surface area (Å²) in [5, 5.41) is 0. The van der Waals surface area contributed by atoms with Crippen LogP contribution in [-0.4, -0.2) is 22.5 Å². The lowest BCUT2D eigenvalue weighted by Crippen LogP contribution is -2.11. The summed E-state index contributed by atoms with van der Waals surface area (Å²) >= 11 is 7.10. The van der Waals surface area contributed by atoms with Crippen LogP contribution in [0.4, 0.5) is 18.9 Å². The van der Waals surface area contributed by atoms with E-state index in [1.165, 1.54) is 0 Å². The molecular formula is C15H17ClF3NS. The summed E-state index contributed by atoms with van der Waals surface area (Å²) in [6.45, 7) is 5.60. The second kappa shape index (κ2) is 5.84. The van der Waals surface area contributed by atoms with Crippen LogP contribution in [0.2, 0.25) is 0 Å². The lowest BCUT2D eigenvalue weighted by molar-refractivity contribution is -0.105. The predicted molar refractivity (Wildman–Crippen MR) is 83.3 cm³/mol. The molecule has 0 amide bonds. The minimum absolute atomic E-state index is 0.337. The Morgan fingerprint density at radius 2 is 1.90 bits per heavy atom. The van der Waals surface area contributed by atoms with Crippen LogP contribution in [0.15, 0.2) is 22.0 Å². The summed E-state index contributed by atoms with van der Waals surface area (Å²) in [6.07, 6.45) is -2.36. The van der Waals surface area contributed by atoms with Crippen molar-refractivity contribution in [3.63, 3.8) is 0 Å². The minimum Gasteiger partial charge on any atom is -0.256 e. The van der Waals surface area contributed by atoms with Crippen LogP contribution in [0.1, 0.15) is 30.9 Å². The van der Waals surface area contributed by atoms with Gasteiger partial charge in [-0.2, -0.15) is 13.2 Å². The normalized spacial score (nSPS) is 18.0. The van der Waals surface area contributed by atoms with E-state index < -0.39 is 11.9 Å². The number of alkyl halides is 4. The number of thioether (sulfide) groups is 1. The molecule has 0 unspecified atom stereocenters. The largest absolute Gasteiger partial charge is 0.398 e. The third-order valence-corrected chi connectivity index (χ3v) is 5.38. The Kier molecular flexibility index (Phi) is 4.64. The quantitative estimate of drug-likeness (QED) is 0.383. The van der Waals surface area contributed by atoms with Gasteiger partial charge >= 0.3 is 6.18 Å². The van der Waals surface area contributed by atoms with Crippen molar-refractivity contribution in [2.45, 2.75) is 49.6 Å². The van der Waals surface area contributed by atoms with Crippen LogP contribution >= 0.6 is 23.4 Å². The Bertz CT molecular complexity index is 577. The molecule has 1 aromatic carbocycles. The van der Waals surface area contributed by atoms with Gasteiger partial charge in [0.05, 0.1) is 16.3 Å². The molecule has 0 bridgehead atoms. The number of nitrogens with zero attached hydrogens (tertiary/aromatic N) is 1. The van der Waals surface area contributed by atoms with Gasteiger partial charge in [-0.15, -0.1) is 23.4 Å². The molecule has 1 saturated carbocycles. The van der Waals surface area contributed by atoms with Gasteiger partial charge in [0, 0.05) is 10.6 Å². The first kappa shape index (κ1) is 16.7. The smallest absolute Gasteiger partial charge is 0.256 e. The maximum Gasteiger partial charge on any atom is 0.398 e. The van der Waals surface area contributed by atoms with Gasteiger partial charge in [0.25, 0.3) is 0 Å². The van der Waals surface area contributed by atoms with E-state index in [9.17, 15) is 13.2 Å². The Morgan fingerprint density at radius 3 is 2.43 bits per heavy atom. The Labute approximate surface area is 132 Å². The van der Waals surface area contributed by atoms with Gasteiger partial charge in [0.2, 0.25) is 0 Å². The highest BCUT2D eigenvalue weighted by molar-refractivity contribution is 7.99. The summed E-state index contributed by atoms with van der Waals surface area (Å²) in [4.78, 5) is 4.81. The summed E-state index contributed by atoms with van der Waals surface area (Å²) in [7, 11) is 0. The lowest BCUT2D eigenvalue weighted by atomic mass is 10.1. The van der Waals surface area contributed by atoms with Crippen molar-refractivity contribution in [2.24, 2.45) is 4.99 Å². The van der Waals surface area contributed by atoms with E-state index in [2.05, 4.69) is 4.99 Å². The third-order valence-electron chi connectivity index (χ3n) is 3.51. The summed E-state index contributed by atoms with van der Waals surface area (Å²) in [5.74, 6) is -0.890. The van der Waals surface area contributed by atoms with Crippen molar-refractivity contribution in [1.82, 2.24) is 0 Å². The first-order chi connectivity index (χ1) is 9.61. The average Bonchev–Trinajstić information content (AvgIpc) is 3.09. The van der Waals surface area contributed by atoms with Gasteiger partial charge in [-0.1, -0.05) is 6.07 Å². The molecule has 0 atom stereocenters. The Balaban J connectivity index is 2.26. The van der Waals surface area contributed by atoms with Gasteiger partial charge < -0.3 is 0 Å². The first-order valence-corrected chi connectivity index (χ1v) is 8.02. The van der Waals surface area contributed by atoms with Crippen LogP contribution in [0.25, 0.3) is 0 Å². The lowest BCUT2D eigenvalue weighted by Gasteiger charge is -2.12. The maximum atomic E-state index is 12.4. The molecule has 6 heteroatoms. The third kappa shape index (κ3) is 4.39. The highest BCUT2D eigenvalue weighted by atomic mass is 35.5. The fraction of sp³-hybridized carbons (Fsp3) is 0.533. The van der Waals surface area contributed by atoms with Gasteiger partial charge in [-0.25, -0.2) is 0 Å². The van der Waals surface area contributed by atoms with Crippen LogP contribution in [0, 0.1) is 13.8 Å². The summed E-state index contributed by atoms with van der Waals surface area (Å²) in [5.41, 5.74) is 3.33. The van der Waals surface area contributed by atoms with E-state index >= 15 is 0 Å². The van der Waals surface area contributed by atoms with Crippen molar-refractivity contribution >= 4 is 34.8 Å². The second-order valence-corrected chi connectivity index (χ2v) is 7.21. The predicted octanol–water partition coefficient (Wildman–Crippen LogP) is 5.82. The molecule has 0 N–H and O–H groups in total. The molecule has 116 valence electrons. The fourth-order valence-electron chi connectivity index (χ4n) is 2.01. The van der Waals surface area contributed by atoms with E-state index in [1.807, 2.05) is 26.8 Å². The molecule has 0 spiro atoms. The first-order valence-electron chi connectivity index (χ1n) is 6.66. The van der Waals surface area contributed by atoms with Crippen molar-refractivity contribution in [3.8, 4) is 0 Å². The number of aryl methyl sites for hydroxylation is 2. The SMILES string of the molecule is C/C(=N\c1cc(SCC(F)(F)F)c(C)cc1C)C1(Cl)CC1. The molecule has 0 aliphatic heterocycles. The van der Waals surface area contributed by atoms with Crippen molar-refractivity contribution in [3.05, 3.63) is 23.3 Å². The molecule has 0 aromatic heterocycles. The van der Waals surface area contributed by atoms with Crippen molar-refractivity contribution < 1.29 is 13.2 Å². The summed E-state index contributed by atoms with van der Waals surface area (Å²) < 4.78 is 37.1. The average molecular weight is 336 g/mol. The molecule has 1 aliphatic rings. The number of hydrogen-bond acceptors (Lipinski definition) is 2. The van der Waals surface area contributed by atoms with Crippen molar-refractivity contribution in [2.75, 3.05) is 5.75 Å². The number of halogens is 4. The number of rotatable bonds is 4. The molecular weight excluding hydrogens is 319 g/mol. The van der Waals surface area contributed by atoms with Crippen LogP contribution in [-0.2, 0) is 0 Å². The molecule has 0 saturated heterocycles. The summed E-state index contributed by atoms with van der Waals surface area (Å²) in [6, 6.07) is 3.60. The number of benzene rings is 1. The molecule has 1 aromatic rings. The topological polar surface area (TPSA) is 12.4 Å². The highest BCUT2D eigenvalue weighted by Crippen LogP contribution is 2.45. The Morgan fingerprint density at radius 1 is 1.29 bits per heavy atom. The zero-order valence-corrected chi connectivity index (χ0v) is 13.7. The Hall–Kier alpha value is -0.680. The van der Waals surface area contributed by atoms with Gasteiger partial charge in [-0.3, -0.25) is 4.99 Å². The molecule has 0 radical (unpaired) electrons. The maximum absolute atomic E-state index is 12.4. The zero-order valence-electron chi connectivity index (χ0n) is 12.1. The van der Waals surface area contributed by atoms with Crippen molar-refractivity contribution in [1.29, 1.82) is 0 Å². The van der Waals surface area contributed by atoms with E-state index in [-0.39, 0.29) is 4.87 Å². The van der Waals surface area contributed by atoms with E-state index in [0.717, 1.165) is 41.4 Å². The second-order valence-electron chi connectivity index (χ2n) is 5.47. The fourth-order valence-corrected chi connectivity index (χ4v) is 2.95.